The maximum absolute atomic E-state index is 11.6. The summed E-state index contributed by atoms with van der Waals surface area (Å²) in [4.78, 5) is 11.6. The zero-order valence-electron chi connectivity index (χ0n) is 11.4. The molecule has 0 fully saturated rings. The number of carbonyl (C=O) groups excluding carboxylic acids is 1. The van der Waals surface area contributed by atoms with Gasteiger partial charge in [-0.1, -0.05) is 30.3 Å². The standard InChI is InChI=1S/C15H14NO5/c1-20-15(17)13-9-12(7-8-14(13)16(18)19)21-10-11-5-3-2-4-6-11/h2-9,18H,10H2,1H3/q-1. The number of hydrogen-bond donors (Lipinski definition) is 1. The fourth-order valence-electron chi connectivity index (χ4n) is 1.79. The van der Waals surface area contributed by atoms with Crippen LogP contribution in [-0.2, 0) is 11.3 Å². The Morgan fingerprint density at radius 3 is 2.57 bits per heavy atom. The summed E-state index contributed by atoms with van der Waals surface area (Å²) >= 11 is 0. The molecule has 0 amide bonds. The molecule has 0 aromatic heterocycles. The first-order valence-electron chi connectivity index (χ1n) is 6.17. The number of methoxy groups -OCH3 is 1. The summed E-state index contributed by atoms with van der Waals surface area (Å²) in [6.45, 7) is 0.320. The smallest absolute Gasteiger partial charge is 0.340 e. The number of carbonyl (C=O) groups is 1. The molecular formula is C15H14NO5-. The van der Waals surface area contributed by atoms with Gasteiger partial charge in [0, 0.05) is 0 Å². The van der Waals surface area contributed by atoms with Crippen LogP contribution in [0.4, 0.5) is 5.69 Å². The second-order valence-corrected chi connectivity index (χ2v) is 4.22. The predicted octanol–water partition coefficient (Wildman–Crippen LogP) is 2.75. The van der Waals surface area contributed by atoms with Crippen molar-refractivity contribution in [1.29, 1.82) is 0 Å². The lowest BCUT2D eigenvalue weighted by Crippen LogP contribution is -2.14. The van der Waals surface area contributed by atoms with E-state index in [9.17, 15) is 10.0 Å². The highest BCUT2D eigenvalue weighted by Crippen LogP contribution is 2.25. The van der Waals surface area contributed by atoms with Crippen molar-refractivity contribution < 1.29 is 19.5 Å². The van der Waals surface area contributed by atoms with Gasteiger partial charge < -0.3 is 19.9 Å². The van der Waals surface area contributed by atoms with Gasteiger partial charge in [-0.05, 0) is 23.8 Å². The molecule has 0 saturated carbocycles. The number of esters is 1. The Kier molecular flexibility index (Phi) is 4.76. The molecule has 6 nitrogen and oxygen atoms in total. The van der Waals surface area contributed by atoms with Gasteiger partial charge >= 0.3 is 5.97 Å². The van der Waals surface area contributed by atoms with E-state index in [0.29, 0.717) is 12.4 Å². The second-order valence-electron chi connectivity index (χ2n) is 4.22. The minimum Gasteiger partial charge on any atom is -0.733 e. The number of rotatable bonds is 5. The summed E-state index contributed by atoms with van der Waals surface area (Å²) in [5.41, 5.74) is 0.697. The summed E-state index contributed by atoms with van der Waals surface area (Å²) in [7, 11) is 1.19. The van der Waals surface area contributed by atoms with Gasteiger partial charge in [-0.25, -0.2) is 4.79 Å². The van der Waals surface area contributed by atoms with Crippen molar-refractivity contribution >= 4 is 11.7 Å². The van der Waals surface area contributed by atoms with Crippen LogP contribution in [0.1, 0.15) is 15.9 Å². The first-order chi connectivity index (χ1) is 10.1. The SMILES string of the molecule is COC(=O)c1cc(OCc2ccccc2)ccc1N([O-])O. The van der Waals surface area contributed by atoms with Crippen LogP contribution in [0.25, 0.3) is 0 Å². The quantitative estimate of drug-likeness (QED) is 0.673. The van der Waals surface area contributed by atoms with E-state index in [1.807, 2.05) is 30.3 Å². The maximum atomic E-state index is 11.6. The summed E-state index contributed by atoms with van der Waals surface area (Å²) in [6.07, 6.45) is 0. The molecule has 0 saturated heterocycles. The first kappa shape index (κ1) is 14.8. The van der Waals surface area contributed by atoms with Crippen molar-refractivity contribution in [3.05, 3.63) is 64.9 Å². The highest BCUT2D eigenvalue weighted by atomic mass is 16.8. The van der Waals surface area contributed by atoms with Gasteiger partial charge in [0.2, 0.25) is 0 Å². The fourth-order valence-corrected chi connectivity index (χ4v) is 1.79. The summed E-state index contributed by atoms with van der Waals surface area (Å²) < 4.78 is 10.1. The molecule has 0 spiro atoms. The molecular weight excluding hydrogens is 274 g/mol. The Bertz CT molecular complexity index is 613. The van der Waals surface area contributed by atoms with Crippen LogP contribution in [0.5, 0.6) is 5.75 Å². The molecule has 0 heterocycles. The third kappa shape index (κ3) is 3.71. The summed E-state index contributed by atoms with van der Waals surface area (Å²) in [6, 6.07) is 13.6. The Hall–Kier alpha value is -2.57. The lowest BCUT2D eigenvalue weighted by atomic mass is 10.1. The Morgan fingerprint density at radius 2 is 1.95 bits per heavy atom. The minimum absolute atomic E-state index is 0.0689. The molecule has 0 atom stereocenters. The van der Waals surface area contributed by atoms with E-state index in [1.54, 1.807) is 0 Å². The van der Waals surface area contributed by atoms with Crippen LogP contribution >= 0.6 is 0 Å². The molecule has 0 radical (unpaired) electrons. The number of hydrogen-bond acceptors (Lipinski definition) is 6. The van der Waals surface area contributed by atoms with Gasteiger partial charge in [-0.15, -0.1) is 0 Å². The average Bonchev–Trinajstić information content (AvgIpc) is 2.52. The minimum atomic E-state index is -0.731. The molecule has 21 heavy (non-hydrogen) atoms. The molecule has 0 unspecified atom stereocenters. The molecule has 2 aromatic carbocycles. The van der Waals surface area contributed by atoms with Crippen LogP contribution < -0.4 is 9.96 Å². The van der Waals surface area contributed by atoms with Crippen molar-refractivity contribution in [2.45, 2.75) is 6.61 Å². The number of benzene rings is 2. The van der Waals surface area contributed by atoms with Crippen LogP contribution in [0.3, 0.4) is 0 Å². The van der Waals surface area contributed by atoms with Crippen molar-refractivity contribution in [2.75, 3.05) is 12.3 Å². The van der Waals surface area contributed by atoms with Gasteiger partial charge in [0.15, 0.2) is 0 Å². The van der Waals surface area contributed by atoms with E-state index in [2.05, 4.69) is 4.74 Å². The Labute approximate surface area is 121 Å². The molecule has 110 valence electrons. The summed E-state index contributed by atoms with van der Waals surface area (Å²) in [5, 5.41) is 19.6. The molecule has 0 aliphatic heterocycles. The van der Waals surface area contributed by atoms with E-state index in [1.165, 1.54) is 25.3 Å². The summed E-state index contributed by atoms with van der Waals surface area (Å²) in [5.74, 6) is -0.338. The van der Waals surface area contributed by atoms with E-state index in [-0.39, 0.29) is 16.5 Å². The monoisotopic (exact) mass is 288 g/mol. The molecule has 2 aromatic rings. The third-order valence-electron chi connectivity index (χ3n) is 2.83. The van der Waals surface area contributed by atoms with E-state index in [0.717, 1.165) is 5.56 Å². The normalized spacial score (nSPS) is 10.0. The molecule has 0 bridgehead atoms. The highest BCUT2D eigenvalue weighted by Gasteiger charge is 2.14. The van der Waals surface area contributed by atoms with Crippen LogP contribution in [0, 0.1) is 5.21 Å². The zero-order valence-corrected chi connectivity index (χ0v) is 11.4. The van der Waals surface area contributed by atoms with Crippen LogP contribution in [-0.4, -0.2) is 18.3 Å². The van der Waals surface area contributed by atoms with Gasteiger partial charge in [-0.3, -0.25) is 5.21 Å². The van der Waals surface area contributed by atoms with Gasteiger partial charge in [0.05, 0.1) is 18.4 Å². The van der Waals surface area contributed by atoms with E-state index >= 15 is 0 Å². The molecule has 2 rings (SSSR count). The number of nitrogens with zero attached hydrogens (tertiary/aromatic N) is 1. The Balaban J connectivity index is 2.19. The number of ether oxygens (including phenoxy) is 2. The highest BCUT2D eigenvalue weighted by molar-refractivity contribution is 5.96. The van der Waals surface area contributed by atoms with E-state index in [4.69, 9.17) is 9.94 Å². The van der Waals surface area contributed by atoms with Crippen molar-refractivity contribution in [3.8, 4) is 5.75 Å². The third-order valence-corrected chi connectivity index (χ3v) is 2.83. The van der Waals surface area contributed by atoms with Crippen molar-refractivity contribution in [3.63, 3.8) is 0 Å². The second kappa shape index (κ2) is 6.74. The lowest BCUT2D eigenvalue weighted by Gasteiger charge is -2.24. The zero-order chi connectivity index (χ0) is 15.2. The first-order valence-corrected chi connectivity index (χ1v) is 6.17. The van der Waals surface area contributed by atoms with Gasteiger partial charge in [-0.2, -0.15) is 0 Å². The van der Waals surface area contributed by atoms with Crippen LogP contribution in [0.2, 0.25) is 0 Å². The molecule has 0 aliphatic carbocycles. The van der Waals surface area contributed by atoms with Gasteiger partial charge in [0.25, 0.3) is 0 Å². The van der Waals surface area contributed by atoms with Crippen molar-refractivity contribution in [2.24, 2.45) is 0 Å². The van der Waals surface area contributed by atoms with Gasteiger partial charge in [0.1, 0.15) is 12.4 Å². The Morgan fingerprint density at radius 1 is 1.24 bits per heavy atom. The molecule has 6 heteroatoms. The van der Waals surface area contributed by atoms with E-state index < -0.39 is 5.97 Å². The number of anilines is 1. The largest absolute Gasteiger partial charge is 0.733 e. The average molecular weight is 288 g/mol. The van der Waals surface area contributed by atoms with Crippen molar-refractivity contribution in [1.82, 2.24) is 0 Å². The fraction of sp³-hybridized carbons (Fsp3) is 0.133. The topological polar surface area (TPSA) is 82.1 Å². The maximum Gasteiger partial charge on any atom is 0.340 e. The lowest BCUT2D eigenvalue weighted by molar-refractivity contribution is 0.0599. The molecule has 1 N–H and O–H groups in total. The predicted molar refractivity (Wildman–Crippen MR) is 76.2 cm³/mol. The molecule has 0 aliphatic rings. The van der Waals surface area contributed by atoms with Crippen LogP contribution in [0.15, 0.2) is 48.5 Å².